The summed E-state index contributed by atoms with van der Waals surface area (Å²) in [6, 6.07) is 24.2. The number of hydrogen-bond donors (Lipinski definition) is 6. The lowest BCUT2D eigenvalue weighted by Gasteiger charge is -2.48. The maximum atomic E-state index is 13.7. The highest BCUT2D eigenvalue weighted by molar-refractivity contribution is 7.88. The van der Waals surface area contributed by atoms with E-state index in [2.05, 4.69) is 4.72 Å². The fourth-order valence-corrected chi connectivity index (χ4v) is 6.73. The molecule has 4 aromatic carbocycles. The second kappa shape index (κ2) is 15.2. The van der Waals surface area contributed by atoms with Crippen LogP contribution in [-0.2, 0) is 26.8 Å². The summed E-state index contributed by atoms with van der Waals surface area (Å²) >= 11 is 0. The summed E-state index contributed by atoms with van der Waals surface area (Å²) in [4.78, 5) is 15.3. The molecule has 1 heterocycles. The fourth-order valence-electron chi connectivity index (χ4n) is 6.21. The number of rotatable bonds is 15. The molecule has 3 atom stereocenters. The van der Waals surface area contributed by atoms with E-state index in [-0.39, 0.29) is 18.1 Å². The summed E-state index contributed by atoms with van der Waals surface area (Å²) in [5, 5.41) is 51.6. The number of phenols is 1. The topological polar surface area (TPSA) is 168 Å². The Balaban J connectivity index is 1.38. The predicted molar refractivity (Wildman–Crippen MR) is 184 cm³/mol. The van der Waals surface area contributed by atoms with E-state index in [4.69, 9.17) is 0 Å². The van der Waals surface area contributed by atoms with Crippen LogP contribution < -0.4 is 9.62 Å². The van der Waals surface area contributed by atoms with Gasteiger partial charge in [-0.05, 0) is 83.8 Å². The van der Waals surface area contributed by atoms with Crippen LogP contribution in [0.5, 0.6) is 5.75 Å². The van der Waals surface area contributed by atoms with Gasteiger partial charge in [-0.3, -0.25) is 4.79 Å². The van der Waals surface area contributed by atoms with Crippen molar-refractivity contribution in [3.63, 3.8) is 0 Å². The first-order chi connectivity index (χ1) is 23.3. The van der Waals surface area contributed by atoms with Gasteiger partial charge in [-0.15, -0.1) is 0 Å². The quantitative estimate of drug-likeness (QED) is 0.0801. The molecule has 0 aromatic heterocycles. The highest BCUT2D eigenvalue weighted by Gasteiger charge is 2.49. The van der Waals surface area contributed by atoms with Crippen LogP contribution in [0.2, 0.25) is 0 Å². The van der Waals surface area contributed by atoms with Crippen LogP contribution in [0.15, 0.2) is 91.0 Å². The minimum Gasteiger partial charge on any atom is -0.508 e. The molecule has 0 radical (unpaired) electrons. The number of carbonyl (C=O) groups excluding carboxylic acids is 1. The number of aliphatic hydroxyl groups is 4. The molecular formula is C37H41FN2O8S. The molecule has 5 rings (SSSR count). The molecule has 1 aliphatic heterocycles. The van der Waals surface area contributed by atoms with Crippen molar-refractivity contribution in [1.29, 1.82) is 0 Å². The van der Waals surface area contributed by atoms with Gasteiger partial charge >= 0.3 is 0 Å². The van der Waals surface area contributed by atoms with Crippen molar-refractivity contribution in [3.8, 4) is 16.9 Å². The molecule has 0 aliphatic carbocycles. The van der Waals surface area contributed by atoms with Gasteiger partial charge in [0.15, 0.2) is 0 Å². The number of benzene rings is 4. The van der Waals surface area contributed by atoms with E-state index in [1.54, 1.807) is 41.3 Å². The Morgan fingerprint density at radius 1 is 0.918 bits per heavy atom. The molecule has 260 valence electrons. The Morgan fingerprint density at radius 3 is 2.14 bits per heavy atom. The Hall–Kier alpha value is -4.17. The maximum Gasteiger partial charge on any atom is 0.233 e. The van der Waals surface area contributed by atoms with E-state index in [0.29, 0.717) is 59.3 Å². The molecule has 3 unspecified atom stereocenters. The van der Waals surface area contributed by atoms with Gasteiger partial charge in [-0.1, -0.05) is 60.7 Å². The van der Waals surface area contributed by atoms with Gasteiger partial charge < -0.3 is 30.4 Å². The average Bonchev–Trinajstić information content (AvgIpc) is 3.09. The van der Waals surface area contributed by atoms with E-state index in [1.165, 1.54) is 24.3 Å². The monoisotopic (exact) mass is 692 g/mol. The second-order valence-electron chi connectivity index (χ2n) is 12.5. The van der Waals surface area contributed by atoms with Crippen molar-refractivity contribution in [2.75, 3.05) is 30.9 Å². The number of nitrogens with one attached hydrogen (secondary N) is 1. The highest BCUT2D eigenvalue weighted by atomic mass is 32.2. The van der Waals surface area contributed by atoms with Crippen molar-refractivity contribution in [3.05, 3.63) is 119 Å². The third kappa shape index (κ3) is 8.35. The van der Waals surface area contributed by atoms with Crippen molar-refractivity contribution in [1.82, 2.24) is 4.72 Å². The van der Waals surface area contributed by atoms with Gasteiger partial charge in [0, 0.05) is 17.8 Å². The molecule has 49 heavy (non-hydrogen) atoms. The lowest BCUT2D eigenvalue weighted by molar-refractivity contribution is -0.131. The van der Waals surface area contributed by atoms with Crippen molar-refractivity contribution in [2.24, 2.45) is 5.92 Å². The molecule has 1 amide bonds. The number of β-lactam (4-membered cyclic amide) rings is 1. The average molecular weight is 693 g/mol. The van der Waals surface area contributed by atoms with Crippen molar-refractivity contribution >= 4 is 21.6 Å². The minimum atomic E-state index is -3.27. The van der Waals surface area contributed by atoms with Crippen LogP contribution in [-0.4, -0.2) is 65.9 Å². The van der Waals surface area contributed by atoms with Gasteiger partial charge in [0.2, 0.25) is 15.9 Å². The Labute approximate surface area is 285 Å². The predicted octanol–water partition coefficient (Wildman–Crippen LogP) is 4.07. The summed E-state index contributed by atoms with van der Waals surface area (Å²) in [5.41, 5.74) is 2.60. The molecule has 4 aromatic rings. The summed E-state index contributed by atoms with van der Waals surface area (Å²) in [6.07, 6.45) is 1.99. The van der Waals surface area contributed by atoms with Crippen LogP contribution in [0.25, 0.3) is 11.1 Å². The lowest BCUT2D eigenvalue weighted by Crippen LogP contribution is -2.55. The van der Waals surface area contributed by atoms with Gasteiger partial charge in [0.05, 0.1) is 37.5 Å². The standard InChI is InChI=1S/C37H41FN2O8S/c1-49(47,48)39-20-2-3-24-4-15-30(16-5-24)40-35(32(36(40)45)18-19-33(43)26-8-13-29(38)14-9-26)31-17-10-27(21-34(31)44)25-6-11-28(12-7-25)37(46,22-41)23-42/h4-17,21,32-33,35,39,41-44,46H,2-3,18-20,22-23H2,1H3. The largest absolute Gasteiger partial charge is 0.508 e. The number of hydrogen-bond acceptors (Lipinski definition) is 8. The van der Waals surface area contributed by atoms with Gasteiger partial charge in [0.25, 0.3) is 0 Å². The summed E-state index contributed by atoms with van der Waals surface area (Å²) in [7, 11) is -3.27. The molecule has 12 heteroatoms. The number of carbonyl (C=O) groups is 1. The van der Waals surface area contributed by atoms with Gasteiger partial charge in [-0.2, -0.15) is 0 Å². The van der Waals surface area contributed by atoms with Crippen LogP contribution in [0.4, 0.5) is 10.1 Å². The first kappa shape index (κ1) is 36.1. The SMILES string of the molecule is CS(=O)(=O)NCCCc1ccc(N2C(=O)C(CCC(O)c3ccc(F)cc3)C2c2ccc(-c3ccc(C(O)(CO)CO)cc3)cc2O)cc1. The number of aliphatic hydroxyl groups excluding tert-OH is 3. The fraction of sp³-hybridized carbons (Fsp3) is 0.324. The van der Waals surface area contributed by atoms with Crippen LogP contribution in [0.1, 0.15) is 53.7 Å². The molecular weight excluding hydrogens is 651 g/mol. The molecule has 1 aliphatic rings. The van der Waals surface area contributed by atoms with E-state index < -0.39 is 52.7 Å². The van der Waals surface area contributed by atoms with Gasteiger partial charge in [-0.25, -0.2) is 17.5 Å². The smallest absolute Gasteiger partial charge is 0.233 e. The van der Waals surface area contributed by atoms with Gasteiger partial charge in [0.1, 0.15) is 17.2 Å². The lowest BCUT2D eigenvalue weighted by atomic mass is 9.77. The van der Waals surface area contributed by atoms with Crippen LogP contribution in [0.3, 0.4) is 0 Å². The third-order valence-electron chi connectivity index (χ3n) is 9.07. The summed E-state index contributed by atoms with van der Waals surface area (Å²) < 4.78 is 38.6. The molecule has 1 saturated heterocycles. The highest BCUT2D eigenvalue weighted by Crippen LogP contribution is 2.49. The second-order valence-corrected chi connectivity index (χ2v) is 14.4. The van der Waals surface area contributed by atoms with Crippen LogP contribution in [0, 0.1) is 11.7 Å². The molecule has 1 fully saturated rings. The number of sulfonamides is 1. The van der Waals surface area contributed by atoms with Crippen LogP contribution >= 0.6 is 0 Å². The Bertz CT molecular complexity index is 1850. The number of aryl methyl sites for hydroxylation is 1. The Kier molecular flexibility index (Phi) is 11.2. The molecule has 10 nitrogen and oxygen atoms in total. The van der Waals surface area contributed by atoms with E-state index in [9.17, 15) is 43.1 Å². The number of phenolic OH excluding ortho intramolecular Hbond substituents is 1. The zero-order valence-electron chi connectivity index (χ0n) is 27.0. The molecule has 6 N–H and O–H groups in total. The van der Waals surface area contributed by atoms with Crippen molar-refractivity contribution < 1.29 is 43.1 Å². The van der Waals surface area contributed by atoms with E-state index >= 15 is 0 Å². The van der Waals surface area contributed by atoms with Crippen molar-refractivity contribution in [2.45, 2.75) is 43.4 Å². The Morgan fingerprint density at radius 2 is 1.55 bits per heavy atom. The first-order valence-corrected chi connectivity index (χ1v) is 17.9. The first-order valence-electron chi connectivity index (χ1n) is 16.0. The summed E-state index contributed by atoms with van der Waals surface area (Å²) in [5.74, 6) is -1.17. The summed E-state index contributed by atoms with van der Waals surface area (Å²) in [6.45, 7) is -0.989. The van der Waals surface area contributed by atoms with E-state index in [0.717, 1.165) is 11.8 Å². The molecule has 0 saturated carbocycles. The van der Waals surface area contributed by atoms with E-state index in [1.807, 2.05) is 30.3 Å². The molecule has 0 spiro atoms. The number of anilines is 1. The zero-order valence-corrected chi connectivity index (χ0v) is 27.9. The number of aromatic hydroxyl groups is 1. The number of amides is 1. The normalized spacial score (nSPS) is 17.2. The number of nitrogens with zero attached hydrogens (tertiary/aromatic N) is 1. The maximum absolute atomic E-state index is 13.7. The zero-order chi connectivity index (χ0) is 35.3. The molecule has 0 bridgehead atoms. The number of halogens is 1. The third-order valence-corrected chi connectivity index (χ3v) is 9.80. The minimum absolute atomic E-state index is 0.0367.